The minimum atomic E-state index is -3.29. The smallest absolute Gasteiger partial charge is 0.226 e. The van der Waals surface area contributed by atoms with E-state index in [9.17, 15) is 13.2 Å². The standard InChI is InChI=1S/C24H30N2O4S/c1-30-19-11-12-20(21(14-19)17-8-4-3-5-9-17)22-15-23(22)24(27)26-13-7-6-10-18(16-26)25-31(2,28)29/h3-5,8-9,11-12,14,18,22-23,25H,6-7,10,13,15-16H2,1-2H3/t18-,22-,23+/m0/s1. The molecule has 7 heteroatoms. The monoisotopic (exact) mass is 442 g/mol. The van der Waals surface area contributed by atoms with E-state index in [0.717, 1.165) is 42.6 Å². The molecule has 2 aromatic rings. The van der Waals surface area contributed by atoms with Gasteiger partial charge in [-0.25, -0.2) is 13.1 Å². The van der Waals surface area contributed by atoms with Crippen molar-refractivity contribution in [3.05, 3.63) is 54.1 Å². The van der Waals surface area contributed by atoms with E-state index in [4.69, 9.17) is 4.74 Å². The average Bonchev–Trinajstić information content (AvgIpc) is 3.57. The van der Waals surface area contributed by atoms with Crippen LogP contribution >= 0.6 is 0 Å². The van der Waals surface area contributed by atoms with E-state index in [-0.39, 0.29) is 23.8 Å². The molecule has 1 N–H and O–H groups in total. The van der Waals surface area contributed by atoms with Gasteiger partial charge in [-0.2, -0.15) is 0 Å². The van der Waals surface area contributed by atoms with Gasteiger partial charge in [-0.3, -0.25) is 4.79 Å². The van der Waals surface area contributed by atoms with Gasteiger partial charge in [0.05, 0.1) is 13.4 Å². The number of amides is 1. The third kappa shape index (κ3) is 5.28. The molecule has 0 spiro atoms. The summed E-state index contributed by atoms with van der Waals surface area (Å²) in [5.74, 6) is 1.07. The Bertz CT molecular complexity index is 1040. The Kier molecular flexibility index (Phi) is 6.34. The highest BCUT2D eigenvalue weighted by molar-refractivity contribution is 7.88. The maximum absolute atomic E-state index is 13.3. The number of carbonyl (C=O) groups is 1. The molecule has 1 aliphatic heterocycles. The number of nitrogens with zero attached hydrogens (tertiary/aromatic N) is 1. The topological polar surface area (TPSA) is 75.7 Å². The number of carbonyl (C=O) groups excluding carboxylic acids is 1. The predicted molar refractivity (Wildman–Crippen MR) is 121 cm³/mol. The summed E-state index contributed by atoms with van der Waals surface area (Å²) >= 11 is 0. The van der Waals surface area contributed by atoms with Crippen molar-refractivity contribution in [2.24, 2.45) is 5.92 Å². The Morgan fingerprint density at radius 1 is 1.13 bits per heavy atom. The van der Waals surface area contributed by atoms with Crippen LogP contribution in [0.1, 0.15) is 37.2 Å². The van der Waals surface area contributed by atoms with Gasteiger partial charge in [0.2, 0.25) is 15.9 Å². The fourth-order valence-electron chi connectivity index (χ4n) is 4.64. The molecule has 6 nitrogen and oxygen atoms in total. The molecule has 2 aromatic carbocycles. The fraction of sp³-hybridized carbons (Fsp3) is 0.458. The van der Waals surface area contributed by atoms with Crippen LogP contribution in [-0.4, -0.2) is 51.7 Å². The van der Waals surface area contributed by atoms with Crippen LogP contribution in [0.3, 0.4) is 0 Å². The van der Waals surface area contributed by atoms with Crippen molar-refractivity contribution >= 4 is 15.9 Å². The highest BCUT2D eigenvalue weighted by Gasteiger charge is 2.47. The fourth-order valence-corrected chi connectivity index (χ4v) is 5.44. The van der Waals surface area contributed by atoms with Crippen LogP contribution in [0.4, 0.5) is 0 Å². The minimum absolute atomic E-state index is 0.0483. The molecule has 0 aromatic heterocycles. The van der Waals surface area contributed by atoms with Gasteiger partial charge in [-0.15, -0.1) is 0 Å². The number of nitrogens with one attached hydrogen (secondary N) is 1. The molecule has 1 amide bonds. The Balaban J connectivity index is 1.52. The molecule has 2 fully saturated rings. The van der Waals surface area contributed by atoms with Crippen LogP contribution in [0.5, 0.6) is 5.75 Å². The van der Waals surface area contributed by atoms with E-state index in [2.05, 4.69) is 22.9 Å². The van der Waals surface area contributed by atoms with E-state index in [1.165, 1.54) is 11.8 Å². The van der Waals surface area contributed by atoms with Gasteiger partial charge in [0.15, 0.2) is 0 Å². The van der Waals surface area contributed by atoms with E-state index in [1.807, 2.05) is 35.2 Å². The van der Waals surface area contributed by atoms with Crippen molar-refractivity contribution in [1.82, 2.24) is 9.62 Å². The number of ether oxygens (including phenoxy) is 1. The molecular formula is C24H30N2O4S. The summed E-state index contributed by atoms with van der Waals surface area (Å²) in [5.41, 5.74) is 3.39. The highest BCUT2D eigenvalue weighted by Crippen LogP contribution is 2.51. The molecule has 1 saturated heterocycles. The molecule has 0 radical (unpaired) electrons. The molecule has 166 valence electrons. The largest absolute Gasteiger partial charge is 0.497 e. The zero-order valence-electron chi connectivity index (χ0n) is 18.1. The van der Waals surface area contributed by atoms with Gasteiger partial charge in [0, 0.05) is 25.0 Å². The lowest BCUT2D eigenvalue weighted by Crippen LogP contribution is -2.44. The van der Waals surface area contributed by atoms with Gasteiger partial charge >= 0.3 is 0 Å². The Morgan fingerprint density at radius 2 is 1.90 bits per heavy atom. The van der Waals surface area contributed by atoms with Crippen molar-refractivity contribution in [1.29, 1.82) is 0 Å². The summed E-state index contributed by atoms with van der Waals surface area (Å²) in [6.45, 7) is 1.14. The normalized spacial score (nSPS) is 23.8. The Morgan fingerprint density at radius 3 is 2.61 bits per heavy atom. The first-order valence-electron chi connectivity index (χ1n) is 10.8. The number of benzene rings is 2. The van der Waals surface area contributed by atoms with Crippen LogP contribution in [0.25, 0.3) is 11.1 Å². The molecule has 4 rings (SSSR count). The van der Waals surface area contributed by atoms with E-state index < -0.39 is 10.0 Å². The summed E-state index contributed by atoms with van der Waals surface area (Å²) in [6, 6.07) is 16.0. The number of hydrogen-bond acceptors (Lipinski definition) is 4. The third-order valence-electron chi connectivity index (χ3n) is 6.22. The molecule has 1 heterocycles. The zero-order valence-corrected chi connectivity index (χ0v) is 18.9. The first-order chi connectivity index (χ1) is 14.9. The molecule has 1 saturated carbocycles. The number of sulfonamides is 1. The quantitative estimate of drug-likeness (QED) is 0.744. The van der Waals surface area contributed by atoms with Gasteiger partial charge < -0.3 is 9.64 Å². The number of methoxy groups -OCH3 is 1. The lowest BCUT2D eigenvalue weighted by molar-refractivity contribution is -0.132. The second kappa shape index (κ2) is 9.01. The van der Waals surface area contributed by atoms with Gasteiger partial charge in [0.1, 0.15) is 5.75 Å². The van der Waals surface area contributed by atoms with Gasteiger partial charge in [-0.05, 0) is 54.0 Å². The highest BCUT2D eigenvalue weighted by atomic mass is 32.2. The van der Waals surface area contributed by atoms with E-state index in [1.54, 1.807) is 7.11 Å². The van der Waals surface area contributed by atoms with Gasteiger partial charge in [-0.1, -0.05) is 42.8 Å². The molecule has 3 atom stereocenters. The van der Waals surface area contributed by atoms with Crippen molar-refractivity contribution in [3.63, 3.8) is 0 Å². The van der Waals surface area contributed by atoms with Crippen LogP contribution in [0.15, 0.2) is 48.5 Å². The zero-order chi connectivity index (χ0) is 22.0. The average molecular weight is 443 g/mol. The maximum Gasteiger partial charge on any atom is 0.226 e. The second-order valence-electron chi connectivity index (χ2n) is 8.63. The number of likely N-dealkylation sites (tertiary alicyclic amines) is 1. The number of hydrogen-bond donors (Lipinski definition) is 1. The summed E-state index contributed by atoms with van der Waals surface area (Å²) in [6.07, 6.45) is 4.59. The maximum atomic E-state index is 13.3. The SMILES string of the molecule is COc1ccc([C@@H]2C[C@H]2C(=O)N2CCCC[C@H](NS(C)(=O)=O)C2)c(-c2ccccc2)c1. The Hall–Kier alpha value is -2.38. The van der Waals surface area contributed by atoms with Crippen molar-refractivity contribution in [3.8, 4) is 16.9 Å². The number of rotatable bonds is 6. The van der Waals surface area contributed by atoms with Crippen LogP contribution in [0.2, 0.25) is 0 Å². The summed E-state index contributed by atoms with van der Waals surface area (Å²) < 4.78 is 31.5. The molecular weight excluding hydrogens is 412 g/mol. The first-order valence-corrected chi connectivity index (χ1v) is 12.7. The lowest BCUT2D eigenvalue weighted by atomic mass is 9.95. The Labute approximate surface area is 184 Å². The predicted octanol–water partition coefficient (Wildman–Crippen LogP) is 3.40. The van der Waals surface area contributed by atoms with E-state index >= 15 is 0 Å². The second-order valence-corrected chi connectivity index (χ2v) is 10.4. The molecule has 1 aliphatic carbocycles. The minimum Gasteiger partial charge on any atom is -0.497 e. The first kappa shape index (κ1) is 21.8. The van der Waals surface area contributed by atoms with Crippen LogP contribution < -0.4 is 9.46 Å². The molecule has 31 heavy (non-hydrogen) atoms. The van der Waals surface area contributed by atoms with E-state index in [0.29, 0.717) is 13.1 Å². The van der Waals surface area contributed by atoms with Gasteiger partial charge in [0.25, 0.3) is 0 Å². The summed E-state index contributed by atoms with van der Waals surface area (Å²) in [4.78, 5) is 15.2. The van der Waals surface area contributed by atoms with Crippen molar-refractivity contribution in [2.45, 2.75) is 37.6 Å². The van der Waals surface area contributed by atoms with Crippen LogP contribution in [-0.2, 0) is 14.8 Å². The third-order valence-corrected chi connectivity index (χ3v) is 6.98. The molecule has 2 aliphatic rings. The summed E-state index contributed by atoms with van der Waals surface area (Å²) in [5, 5.41) is 0. The molecule has 0 bridgehead atoms. The lowest BCUT2D eigenvalue weighted by Gasteiger charge is -2.25. The van der Waals surface area contributed by atoms with Crippen LogP contribution in [0, 0.1) is 5.92 Å². The van der Waals surface area contributed by atoms with Crippen molar-refractivity contribution in [2.75, 3.05) is 26.5 Å². The summed E-state index contributed by atoms with van der Waals surface area (Å²) in [7, 11) is -1.63. The molecule has 0 unspecified atom stereocenters. The van der Waals surface area contributed by atoms with Crippen molar-refractivity contribution < 1.29 is 17.9 Å².